The lowest BCUT2D eigenvalue weighted by Gasteiger charge is -2.11. The number of anilines is 1. The molecule has 0 bridgehead atoms. The Morgan fingerprint density at radius 2 is 2.19 bits per heavy atom. The van der Waals surface area contributed by atoms with E-state index >= 15 is 0 Å². The summed E-state index contributed by atoms with van der Waals surface area (Å²) in [5, 5.41) is 16.0. The highest BCUT2D eigenvalue weighted by molar-refractivity contribution is 9.10. The predicted octanol–water partition coefficient (Wildman–Crippen LogP) is 3.92. The fourth-order valence-corrected chi connectivity index (χ4v) is 2.81. The number of rotatable bonds is 10. The monoisotopic (exact) mass is 431 g/mol. The van der Waals surface area contributed by atoms with Gasteiger partial charge in [0.1, 0.15) is 0 Å². The maximum Gasteiger partial charge on any atom is 0.230 e. The highest BCUT2D eigenvalue weighted by Crippen LogP contribution is 2.11. The summed E-state index contributed by atoms with van der Waals surface area (Å²) in [6.45, 7) is 2.59. The molecule has 0 aliphatic rings. The summed E-state index contributed by atoms with van der Waals surface area (Å²) in [4.78, 5) is 16.1. The number of hydrogen-bond donors (Lipinski definition) is 2. The number of halogens is 1. The Bertz CT molecular complexity index is 780. The highest BCUT2D eigenvalue weighted by Gasteiger charge is 2.07. The molecule has 0 aromatic carbocycles. The van der Waals surface area contributed by atoms with Crippen LogP contribution >= 0.6 is 15.9 Å². The van der Waals surface area contributed by atoms with Gasteiger partial charge in [0.05, 0.1) is 12.1 Å². The van der Waals surface area contributed by atoms with E-state index in [9.17, 15) is 4.79 Å². The minimum absolute atomic E-state index is 0.167. The lowest BCUT2D eigenvalue weighted by molar-refractivity contribution is -0.115. The van der Waals surface area contributed by atoms with Crippen LogP contribution < -0.4 is 5.32 Å². The first-order chi connectivity index (χ1) is 13.1. The molecule has 9 heteroatoms. The van der Waals surface area contributed by atoms with E-state index in [-0.39, 0.29) is 12.3 Å². The van der Waals surface area contributed by atoms with Crippen LogP contribution in [0.2, 0.25) is 0 Å². The zero-order valence-electron chi connectivity index (χ0n) is 15.1. The van der Waals surface area contributed by atoms with E-state index in [0.29, 0.717) is 12.4 Å². The van der Waals surface area contributed by atoms with E-state index < -0.39 is 0 Å². The van der Waals surface area contributed by atoms with Gasteiger partial charge in [0.2, 0.25) is 5.91 Å². The number of aromatic nitrogens is 3. The zero-order valence-corrected chi connectivity index (χ0v) is 16.7. The molecule has 0 fully saturated rings. The van der Waals surface area contributed by atoms with Crippen molar-refractivity contribution in [2.45, 2.75) is 32.6 Å². The molecule has 0 atom stereocenters. The Balaban J connectivity index is 1.76. The van der Waals surface area contributed by atoms with Gasteiger partial charge < -0.3 is 5.32 Å². The van der Waals surface area contributed by atoms with Gasteiger partial charge >= 0.3 is 0 Å². The maximum absolute atomic E-state index is 12.1. The minimum Gasteiger partial charge on any atom is -0.309 e. The van der Waals surface area contributed by atoms with Crippen LogP contribution in [0.5, 0.6) is 0 Å². The van der Waals surface area contributed by atoms with Crippen LogP contribution in [0.15, 0.2) is 52.6 Å². The van der Waals surface area contributed by atoms with E-state index in [4.69, 9.17) is 5.53 Å². The summed E-state index contributed by atoms with van der Waals surface area (Å²) in [6, 6.07) is 5.47. The summed E-state index contributed by atoms with van der Waals surface area (Å²) in [5.74, 6) is 0.263. The third kappa shape index (κ3) is 7.61. The fraction of sp³-hybridized carbons (Fsp3) is 0.333. The van der Waals surface area contributed by atoms with Crippen molar-refractivity contribution in [1.29, 1.82) is 5.53 Å². The van der Waals surface area contributed by atoms with Gasteiger partial charge in [0.15, 0.2) is 5.82 Å². The second-order valence-corrected chi connectivity index (χ2v) is 6.76. The summed E-state index contributed by atoms with van der Waals surface area (Å²) >= 11 is 3.34. The molecule has 0 unspecified atom stereocenters. The second-order valence-electron chi connectivity index (χ2n) is 5.85. The summed E-state index contributed by atoms with van der Waals surface area (Å²) in [6.07, 6.45) is 9.77. The van der Waals surface area contributed by atoms with Crippen molar-refractivity contribution in [2.75, 3.05) is 11.9 Å². The molecule has 2 aromatic heterocycles. The largest absolute Gasteiger partial charge is 0.309 e. The number of carbonyl (C=O) groups excluding carboxylic acids is 1. The van der Waals surface area contributed by atoms with Crippen LogP contribution in [0.1, 0.15) is 31.0 Å². The summed E-state index contributed by atoms with van der Waals surface area (Å²) in [7, 11) is 0. The summed E-state index contributed by atoms with van der Waals surface area (Å²) < 4.78 is 0.835. The molecule has 27 heavy (non-hydrogen) atoms. The average Bonchev–Trinajstić information content (AvgIpc) is 2.65. The van der Waals surface area contributed by atoms with Crippen LogP contribution in [-0.2, 0) is 17.6 Å². The molecule has 0 aliphatic heterocycles. The van der Waals surface area contributed by atoms with Crippen LogP contribution in [0.25, 0.3) is 0 Å². The Labute approximate surface area is 166 Å². The minimum atomic E-state index is -0.167. The van der Waals surface area contributed by atoms with Gasteiger partial charge in [-0.1, -0.05) is 11.3 Å². The van der Waals surface area contributed by atoms with E-state index in [0.717, 1.165) is 35.0 Å². The molecular weight excluding hydrogens is 410 g/mol. The van der Waals surface area contributed by atoms with Gasteiger partial charge in [-0.05, 0) is 65.9 Å². The van der Waals surface area contributed by atoms with Crippen molar-refractivity contribution in [3.63, 3.8) is 0 Å². The number of hydrogen-bond acceptors (Lipinski definition) is 6. The molecule has 142 valence electrons. The van der Waals surface area contributed by atoms with Crippen molar-refractivity contribution in [3.05, 3.63) is 58.6 Å². The first-order valence-electron chi connectivity index (χ1n) is 8.59. The third-order valence-corrected chi connectivity index (χ3v) is 4.07. The van der Waals surface area contributed by atoms with Gasteiger partial charge in [0.25, 0.3) is 0 Å². The van der Waals surface area contributed by atoms with E-state index in [1.807, 2.05) is 25.1 Å². The smallest absolute Gasteiger partial charge is 0.230 e. The first kappa shape index (κ1) is 20.6. The molecule has 0 radical (unpaired) electrons. The molecule has 2 rings (SSSR count). The molecule has 1 amide bonds. The third-order valence-electron chi connectivity index (χ3n) is 3.63. The Morgan fingerprint density at radius 3 is 2.85 bits per heavy atom. The first-order valence-corrected chi connectivity index (χ1v) is 9.38. The van der Waals surface area contributed by atoms with Gasteiger partial charge in [-0.3, -0.25) is 14.8 Å². The normalized spacial score (nSPS) is 10.7. The number of carbonyl (C=O) groups is 1. The van der Waals surface area contributed by atoms with Crippen molar-refractivity contribution >= 4 is 27.7 Å². The van der Waals surface area contributed by atoms with E-state index in [1.54, 1.807) is 29.7 Å². The lowest BCUT2D eigenvalue weighted by Crippen LogP contribution is -2.16. The number of nitrogens with zero attached hydrogens (tertiary/aromatic N) is 5. The molecule has 0 saturated carbocycles. The number of pyridine rings is 1. The predicted molar refractivity (Wildman–Crippen MR) is 106 cm³/mol. The number of nitrogens with one attached hydrogen (secondary N) is 2. The van der Waals surface area contributed by atoms with Crippen molar-refractivity contribution in [1.82, 2.24) is 20.2 Å². The van der Waals surface area contributed by atoms with Gasteiger partial charge in [-0.25, -0.2) is 0 Å². The molecule has 2 N–H and O–H groups in total. The Kier molecular flexibility index (Phi) is 8.50. The van der Waals surface area contributed by atoms with E-state index in [2.05, 4.69) is 41.7 Å². The van der Waals surface area contributed by atoms with Crippen LogP contribution in [0.3, 0.4) is 0 Å². The number of allylic oxidation sites excluding steroid dienone is 1. The SMILES string of the molecule is C/C=C/N(CCCCc1ccc(NC(=O)Cc2cncc(Br)c2)nn1)N=N. The second kappa shape index (κ2) is 11.1. The Morgan fingerprint density at radius 1 is 1.33 bits per heavy atom. The molecule has 0 aliphatic carbocycles. The summed E-state index contributed by atoms with van der Waals surface area (Å²) in [5.41, 5.74) is 8.74. The molecule has 0 spiro atoms. The molecule has 0 saturated heterocycles. The number of amides is 1. The average molecular weight is 432 g/mol. The quantitative estimate of drug-likeness (QED) is 0.336. The van der Waals surface area contributed by atoms with Gasteiger partial charge in [-0.2, -0.15) is 10.6 Å². The topological polar surface area (TPSA) is 107 Å². The number of unbranched alkanes of at least 4 members (excludes halogenated alkanes) is 1. The zero-order chi connectivity index (χ0) is 19.5. The van der Waals surface area contributed by atoms with Gasteiger partial charge in [-0.15, -0.1) is 5.10 Å². The number of aryl methyl sites for hydroxylation is 1. The maximum atomic E-state index is 12.1. The van der Waals surface area contributed by atoms with Crippen LogP contribution in [-0.4, -0.2) is 32.6 Å². The molecule has 2 heterocycles. The highest BCUT2D eigenvalue weighted by atomic mass is 79.9. The van der Waals surface area contributed by atoms with Gasteiger partial charge in [0, 0.05) is 29.6 Å². The molecular formula is C18H22BrN7O. The van der Waals surface area contributed by atoms with Crippen LogP contribution in [0, 0.1) is 5.53 Å². The molecule has 2 aromatic rings. The van der Waals surface area contributed by atoms with Crippen molar-refractivity contribution in [2.24, 2.45) is 5.22 Å². The van der Waals surface area contributed by atoms with Crippen molar-refractivity contribution < 1.29 is 4.79 Å². The van der Waals surface area contributed by atoms with Crippen molar-refractivity contribution in [3.8, 4) is 0 Å². The Hall–Kier alpha value is -2.68. The van der Waals surface area contributed by atoms with E-state index in [1.165, 1.54) is 0 Å². The fourth-order valence-electron chi connectivity index (χ4n) is 2.39. The molecule has 8 nitrogen and oxygen atoms in total. The van der Waals surface area contributed by atoms with Crippen LogP contribution in [0.4, 0.5) is 5.82 Å². The standard InChI is InChI=1S/C18H22BrN7O/c1-2-8-26(25-20)9-4-3-5-16-6-7-17(24-23-16)22-18(27)11-14-10-15(19)13-21-12-14/h2,6-8,10,12-13,20H,3-5,9,11H2,1H3,(H,22,24,27)/b8-2+,25-20?. The lowest BCUT2D eigenvalue weighted by atomic mass is 10.2.